The molecule has 0 aliphatic carbocycles. The molecule has 0 aliphatic rings. The van der Waals surface area contributed by atoms with Crippen LogP contribution in [0, 0.1) is 11.3 Å². The van der Waals surface area contributed by atoms with Crippen LogP contribution in [-0.4, -0.2) is 7.05 Å². The van der Waals surface area contributed by atoms with Gasteiger partial charge in [-0.1, -0.05) is 24.3 Å². The van der Waals surface area contributed by atoms with Crippen molar-refractivity contribution in [3.8, 4) is 6.07 Å². The lowest BCUT2D eigenvalue weighted by atomic mass is 10.1. The summed E-state index contributed by atoms with van der Waals surface area (Å²) in [7, 11) is 1.97. The first-order valence-electron chi connectivity index (χ1n) is 6.62. The number of hydrogen-bond acceptors (Lipinski definition) is 3. The second-order valence-corrected chi connectivity index (χ2v) is 5.73. The third-order valence-corrected chi connectivity index (χ3v) is 4.34. The van der Waals surface area contributed by atoms with Gasteiger partial charge in [0.25, 0.3) is 0 Å². The van der Waals surface area contributed by atoms with Gasteiger partial charge in [0.1, 0.15) is 0 Å². The Balaban J connectivity index is 2.01. The largest absolute Gasteiger partial charge is 0.313 e. The molecule has 1 unspecified atom stereocenters. The Morgan fingerprint density at radius 3 is 2.60 bits per heavy atom. The fourth-order valence-electron chi connectivity index (χ4n) is 1.88. The van der Waals surface area contributed by atoms with Crippen LogP contribution in [0.25, 0.3) is 0 Å². The minimum absolute atomic E-state index is 0.366. The van der Waals surface area contributed by atoms with E-state index in [0.717, 1.165) is 5.75 Å². The standard InChI is InChI=1S/C17H18N2S/c1-13(19-2)16-4-3-5-17(10-16)20-12-15-8-6-14(11-18)7-9-15/h3-10,13,19H,12H2,1-2H3. The fraction of sp³-hybridized carbons (Fsp3) is 0.235. The molecule has 0 amide bonds. The lowest BCUT2D eigenvalue weighted by Crippen LogP contribution is -2.11. The van der Waals surface area contributed by atoms with Gasteiger partial charge in [0.15, 0.2) is 0 Å². The first kappa shape index (κ1) is 14.6. The molecular weight excluding hydrogens is 264 g/mol. The Hall–Kier alpha value is -1.76. The molecule has 3 heteroatoms. The quantitative estimate of drug-likeness (QED) is 0.838. The molecule has 2 rings (SSSR count). The van der Waals surface area contributed by atoms with E-state index in [1.807, 2.05) is 43.1 Å². The molecule has 2 nitrogen and oxygen atoms in total. The van der Waals surface area contributed by atoms with Crippen LogP contribution in [0.15, 0.2) is 53.4 Å². The van der Waals surface area contributed by atoms with Crippen LogP contribution in [0.3, 0.4) is 0 Å². The van der Waals surface area contributed by atoms with E-state index in [4.69, 9.17) is 5.26 Å². The second-order valence-electron chi connectivity index (χ2n) is 4.68. The smallest absolute Gasteiger partial charge is 0.0991 e. The third kappa shape index (κ3) is 3.86. The summed E-state index contributed by atoms with van der Waals surface area (Å²) >= 11 is 1.82. The Labute approximate surface area is 124 Å². The zero-order chi connectivity index (χ0) is 14.4. The minimum Gasteiger partial charge on any atom is -0.313 e. The van der Waals surface area contributed by atoms with Gasteiger partial charge in [-0.3, -0.25) is 0 Å². The zero-order valence-electron chi connectivity index (χ0n) is 11.8. The summed E-state index contributed by atoms with van der Waals surface area (Å²) in [6, 6.07) is 18.9. The van der Waals surface area contributed by atoms with Crippen LogP contribution in [0.4, 0.5) is 0 Å². The molecule has 20 heavy (non-hydrogen) atoms. The maximum Gasteiger partial charge on any atom is 0.0991 e. The van der Waals surface area contributed by atoms with E-state index in [0.29, 0.717) is 11.6 Å². The lowest BCUT2D eigenvalue weighted by Gasteiger charge is -2.11. The van der Waals surface area contributed by atoms with Gasteiger partial charge >= 0.3 is 0 Å². The van der Waals surface area contributed by atoms with Crippen molar-refractivity contribution in [3.05, 3.63) is 65.2 Å². The van der Waals surface area contributed by atoms with Crippen LogP contribution in [0.2, 0.25) is 0 Å². The van der Waals surface area contributed by atoms with Gasteiger partial charge in [0.05, 0.1) is 11.6 Å². The van der Waals surface area contributed by atoms with Crippen LogP contribution in [-0.2, 0) is 5.75 Å². The van der Waals surface area contributed by atoms with E-state index < -0.39 is 0 Å². The average molecular weight is 282 g/mol. The highest BCUT2D eigenvalue weighted by Gasteiger charge is 2.03. The number of nitrogens with one attached hydrogen (secondary N) is 1. The monoisotopic (exact) mass is 282 g/mol. The molecule has 0 aliphatic heterocycles. The maximum atomic E-state index is 8.78. The first-order valence-corrected chi connectivity index (χ1v) is 7.60. The van der Waals surface area contributed by atoms with Crippen molar-refractivity contribution in [1.82, 2.24) is 5.32 Å². The molecule has 0 bridgehead atoms. The van der Waals surface area contributed by atoms with Gasteiger partial charge in [0.2, 0.25) is 0 Å². The Kier molecular flexibility index (Phi) is 5.23. The second kappa shape index (κ2) is 7.14. The highest BCUT2D eigenvalue weighted by Crippen LogP contribution is 2.25. The highest BCUT2D eigenvalue weighted by molar-refractivity contribution is 7.98. The van der Waals surface area contributed by atoms with Crippen LogP contribution in [0.5, 0.6) is 0 Å². The van der Waals surface area contributed by atoms with E-state index in [1.54, 1.807) is 0 Å². The SMILES string of the molecule is CNC(C)c1cccc(SCc2ccc(C#N)cc2)c1. The predicted octanol–water partition coefficient (Wildman–Crippen LogP) is 4.13. The third-order valence-electron chi connectivity index (χ3n) is 3.28. The number of nitriles is 1. The maximum absolute atomic E-state index is 8.78. The molecule has 102 valence electrons. The van der Waals surface area contributed by atoms with Crippen LogP contribution in [0.1, 0.15) is 29.7 Å². The minimum atomic E-state index is 0.366. The van der Waals surface area contributed by atoms with Gasteiger partial charge in [-0.15, -0.1) is 11.8 Å². The molecule has 0 fully saturated rings. The summed E-state index contributed by atoms with van der Waals surface area (Å²) in [5.74, 6) is 0.920. The van der Waals surface area contributed by atoms with Gasteiger partial charge in [-0.2, -0.15) is 5.26 Å². The summed E-state index contributed by atoms with van der Waals surface area (Å²) in [4.78, 5) is 1.27. The van der Waals surface area contributed by atoms with E-state index in [2.05, 4.69) is 42.6 Å². The molecule has 2 aromatic carbocycles. The van der Waals surface area contributed by atoms with Gasteiger partial charge < -0.3 is 5.32 Å². The van der Waals surface area contributed by atoms with Crippen molar-refractivity contribution in [2.24, 2.45) is 0 Å². The molecule has 0 saturated heterocycles. The highest BCUT2D eigenvalue weighted by atomic mass is 32.2. The summed E-state index contributed by atoms with van der Waals surface area (Å²) in [5, 5.41) is 12.0. The number of nitrogens with zero attached hydrogens (tertiary/aromatic N) is 1. The fourth-order valence-corrected chi connectivity index (χ4v) is 2.80. The van der Waals surface area contributed by atoms with Crippen molar-refractivity contribution < 1.29 is 0 Å². The molecule has 2 aromatic rings. The van der Waals surface area contributed by atoms with Crippen molar-refractivity contribution in [1.29, 1.82) is 5.26 Å². The van der Waals surface area contributed by atoms with Crippen molar-refractivity contribution >= 4 is 11.8 Å². The normalized spacial score (nSPS) is 11.8. The van der Waals surface area contributed by atoms with E-state index in [9.17, 15) is 0 Å². The molecule has 0 aromatic heterocycles. The van der Waals surface area contributed by atoms with E-state index in [1.165, 1.54) is 16.0 Å². The molecule has 0 spiro atoms. The number of thioether (sulfide) groups is 1. The average Bonchev–Trinajstić information content (AvgIpc) is 2.53. The molecule has 1 atom stereocenters. The predicted molar refractivity (Wildman–Crippen MR) is 84.6 cm³/mol. The summed E-state index contributed by atoms with van der Waals surface area (Å²) in [6.45, 7) is 2.16. The van der Waals surface area contributed by atoms with Gasteiger partial charge in [0, 0.05) is 16.7 Å². The summed E-state index contributed by atoms with van der Waals surface area (Å²) < 4.78 is 0. The van der Waals surface area contributed by atoms with Crippen LogP contribution < -0.4 is 5.32 Å². The molecule has 0 heterocycles. The number of hydrogen-bond donors (Lipinski definition) is 1. The molecule has 1 N–H and O–H groups in total. The van der Waals surface area contributed by atoms with Crippen molar-refractivity contribution in [2.45, 2.75) is 23.6 Å². The number of rotatable bonds is 5. The Morgan fingerprint density at radius 1 is 1.20 bits per heavy atom. The van der Waals surface area contributed by atoms with Gasteiger partial charge in [-0.25, -0.2) is 0 Å². The Morgan fingerprint density at radius 2 is 1.95 bits per heavy atom. The van der Waals surface area contributed by atoms with E-state index in [-0.39, 0.29) is 0 Å². The van der Waals surface area contributed by atoms with Crippen molar-refractivity contribution in [2.75, 3.05) is 7.05 Å². The summed E-state index contributed by atoms with van der Waals surface area (Å²) in [5.41, 5.74) is 3.25. The summed E-state index contributed by atoms with van der Waals surface area (Å²) in [6.07, 6.45) is 0. The number of benzene rings is 2. The lowest BCUT2D eigenvalue weighted by molar-refractivity contribution is 0.651. The van der Waals surface area contributed by atoms with E-state index >= 15 is 0 Å². The zero-order valence-corrected chi connectivity index (χ0v) is 12.6. The molecular formula is C17H18N2S. The van der Waals surface area contributed by atoms with Crippen LogP contribution >= 0.6 is 11.8 Å². The first-order chi connectivity index (χ1) is 9.72. The van der Waals surface area contributed by atoms with Gasteiger partial charge in [-0.05, 0) is 49.4 Å². The molecule has 0 saturated carbocycles. The Bertz CT molecular complexity index is 599. The molecule has 0 radical (unpaired) electrons. The topological polar surface area (TPSA) is 35.8 Å². The van der Waals surface area contributed by atoms with Crippen molar-refractivity contribution in [3.63, 3.8) is 0 Å².